The zero-order chi connectivity index (χ0) is 10.8. The van der Waals surface area contributed by atoms with E-state index < -0.39 is 5.38 Å². The number of alkyl halides is 1. The molecule has 0 saturated heterocycles. The van der Waals surface area contributed by atoms with Gasteiger partial charge in [0.1, 0.15) is 5.38 Å². The molecule has 1 aliphatic rings. The van der Waals surface area contributed by atoms with Crippen molar-refractivity contribution in [1.82, 2.24) is 5.32 Å². The molecular formula is C10H18ClNO2. The maximum atomic E-state index is 11.5. The SMILES string of the molecule is COC(C)(C)CC(Cl)C(=O)NC1CC1. The number of methoxy groups -OCH3 is 1. The lowest BCUT2D eigenvalue weighted by molar-refractivity contribution is -0.122. The molecule has 3 nitrogen and oxygen atoms in total. The van der Waals surface area contributed by atoms with Gasteiger partial charge in [0, 0.05) is 19.6 Å². The molecule has 0 aromatic rings. The van der Waals surface area contributed by atoms with E-state index in [1.54, 1.807) is 7.11 Å². The number of ether oxygens (including phenoxy) is 1. The summed E-state index contributed by atoms with van der Waals surface area (Å²) in [5.74, 6) is -0.0701. The van der Waals surface area contributed by atoms with E-state index >= 15 is 0 Å². The smallest absolute Gasteiger partial charge is 0.238 e. The Balaban J connectivity index is 2.31. The second kappa shape index (κ2) is 4.49. The van der Waals surface area contributed by atoms with Gasteiger partial charge in [0.25, 0.3) is 0 Å². The van der Waals surface area contributed by atoms with E-state index in [4.69, 9.17) is 16.3 Å². The average molecular weight is 220 g/mol. The van der Waals surface area contributed by atoms with Crippen molar-refractivity contribution < 1.29 is 9.53 Å². The summed E-state index contributed by atoms with van der Waals surface area (Å²) in [7, 11) is 1.63. The van der Waals surface area contributed by atoms with Gasteiger partial charge in [-0.1, -0.05) is 0 Å². The Hall–Kier alpha value is -0.280. The van der Waals surface area contributed by atoms with Gasteiger partial charge in [-0.25, -0.2) is 0 Å². The van der Waals surface area contributed by atoms with Crippen LogP contribution in [0.3, 0.4) is 0 Å². The lowest BCUT2D eigenvalue weighted by Gasteiger charge is -2.24. The molecule has 82 valence electrons. The van der Waals surface area contributed by atoms with Crippen molar-refractivity contribution in [3.63, 3.8) is 0 Å². The van der Waals surface area contributed by atoms with Crippen LogP contribution in [0.4, 0.5) is 0 Å². The molecule has 1 rings (SSSR count). The molecule has 0 aliphatic heterocycles. The first-order valence-electron chi connectivity index (χ1n) is 4.94. The minimum Gasteiger partial charge on any atom is -0.379 e. The van der Waals surface area contributed by atoms with Gasteiger partial charge < -0.3 is 10.1 Å². The Morgan fingerprint density at radius 3 is 2.64 bits per heavy atom. The van der Waals surface area contributed by atoms with Crippen LogP contribution in [0.5, 0.6) is 0 Å². The summed E-state index contributed by atoms with van der Waals surface area (Å²) in [5, 5.41) is 2.38. The van der Waals surface area contributed by atoms with Gasteiger partial charge in [-0.05, 0) is 26.7 Å². The summed E-state index contributed by atoms with van der Waals surface area (Å²) in [6.45, 7) is 3.85. The molecule has 0 heterocycles. The van der Waals surface area contributed by atoms with Crippen LogP contribution in [0, 0.1) is 0 Å². The topological polar surface area (TPSA) is 38.3 Å². The van der Waals surface area contributed by atoms with Crippen LogP contribution in [0.15, 0.2) is 0 Å². The fraction of sp³-hybridized carbons (Fsp3) is 0.900. The predicted molar refractivity (Wildman–Crippen MR) is 56.5 cm³/mol. The first-order chi connectivity index (χ1) is 6.44. The van der Waals surface area contributed by atoms with E-state index in [0.717, 1.165) is 12.8 Å². The summed E-state index contributed by atoms with van der Waals surface area (Å²) >= 11 is 5.97. The Labute approximate surface area is 90.1 Å². The number of rotatable bonds is 5. The number of hydrogen-bond donors (Lipinski definition) is 1. The van der Waals surface area contributed by atoms with E-state index in [9.17, 15) is 4.79 Å². The van der Waals surface area contributed by atoms with E-state index in [1.807, 2.05) is 13.8 Å². The molecule has 1 N–H and O–H groups in total. The lowest BCUT2D eigenvalue weighted by Crippen LogP contribution is -2.38. The number of nitrogens with one attached hydrogen (secondary N) is 1. The van der Waals surface area contributed by atoms with Crippen LogP contribution < -0.4 is 5.32 Å². The maximum absolute atomic E-state index is 11.5. The van der Waals surface area contributed by atoms with Gasteiger partial charge >= 0.3 is 0 Å². The van der Waals surface area contributed by atoms with E-state index in [2.05, 4.69) is 5.32 Å². The van der Waals surface area contributed by atoms with Crippen LogP contribution in [-0.4, -0.2) is 30.0 Å². The summed E-state index contributed by atoms with van der Waals surface area (Å²) in [5.41, 5.74) is -0.340. The van der Waals surface area contributed by atoms with Gasteiger partial charge in [0.05, 0.1) is 5.60 Å². The lowest BCUT2D eigenvalue weighted by atomic mass is 10.0. The first kappa shape index (κ1) is 11.8. The summed E-state index contributed by atoms with van der Waals surface area (Å²) in [6, 6.07) is 0.370. The number of carbonyl (C=O) groups excluding carboxylic acids is 1. The molecule has 0 spiro atoms. The number of amides is 1. The number of carbonyl (C=O) groups is 1. The summed E-state index contributed by atoms with van der Waals surface area (Å²) in [6.07, 6.45) is 2.70. The minimum atomic E-state index is -0.495. The monoisotopic (exact) mass is 219 g/mol. The van der Waals surface area contributed by atoms with Crippen LogP contribution >= 0.6 is 11.6 Å². The van der Waals surface area contributed by atoms with Gasteiger partial charge in [0.15, 0.2) is 0 Å². The first-order valence-corrected chi connectivity index (χ1v) is 5.38. The molecule has 1 saturated carbocycles. The Bertz CT molecular complexity index is 214. The van der Waals surface area contributed by atoms with Crippen molar-refractivity contribution in [3.8, 4) is 0 Å². The fourth-order valence-corrected chi connectivity index (χ4v) is 1.56. The van der Waals surface area contributed by atoms with Crippen LogP contribution in [-0.2, 0) is 9.53 Å². The van der Waals surface area contributed by atoms with Gasteiger partial charge in [-0.15, -0.1) is 11.6 Å². The zero-order valence-corrected chi connectivity index (χ0v) is 9.73. The molecule has 14 heavy (non-hydrogen) atoms. The largest absolute Gasteiger partial charge is 0.379 e. The normalized spacial score (nSPS) is 19.1. The van der Waals surface area contributed by atoms with Crippen LogP contribution in [0.1, 0.15) is 33.1 Å². The average Bonchev–Trinajstić information content (AvgIpc) is 2.87. The van der Waals surface area contributed by atoms with E-state index in [-0.39, 0.29) is 11.5 Å². The van der Waals surface area contributed by atoms with Crippen molar-refractivity contribution in [2.75, 3.05) is 7.11 Å². The fourth-order valence-electron chi connectivity index (χ4n) is 1.13. The zero-order valence-electron chi connectivity index (χ0n) is 8.97. The van der Waals surface area contributed by atoms with Crippen molar-refractivity contribution in [2.45, 2.75) is 50.1 Å². The van der Waals surface area contributed by atoms with Crippen molar-refractivity contribution >= 4 is 17.5 Å². The molecule has 0 bridgehead atoms. The van der Waals surface area contributed by atoms with Crippen LogP contribution in [0.25, 0.3) is 0 Å². The molecule has 0 radical (unpaired) electrons. The van der Waals surface area contributed by atoms with Gasteiger partial charge in [-0.2, -0.15) is 0 Å². The molecule has 1 fully saturated rings. The number of halogens is 1. The molecule has 1 aliphatic carbocycles. The van der Waals surface area contributed by atoms with Crippen molar-refractivity contribution in [3.05, 3.63) is 0 Å². The van der Waals surface area contributed by atoms with E-state index in [0.29, 0.717) is 12.5 Å². The Kier molecular flexibility index (Phi) is 3.78. The highest BCUT2D eigenvalue weighted by molar-refractivity contribution is 6.30. The highest BCUT2D eigenvalue weighted by atomic mass is 35.5. The summed E-state index contributed by atoms with van der Waals surface area (Å²) in [4.78, 5) is 11.5. The second-order valence-electron chi connectivity index (χ2n) is 4.42. The summed E-state index contributed by atoms with van der Waals surface area (Å²) < 4.78 is 5.21. The third-order valence-electron chi connectivity index (χ3n) is 2.43. The maximum Gasteiger partial charge on any atom is 0.238 e. The van der Waals surface area contributed by atoms with Gasteiger partial charge in [-0.3, -0.25) is 4.79 Å². The third kappa shape index (κ3) is 3.84. The molecule has 1 atom stereocenters. The van der Waals surface area contributed by atoms with Crippen molar-refractivity contribution in [2.24, 2.45) is 0 Å². The van der Waals surface area contributed by atoms with Crippen molar-refractivity contribution in [1.29, 1.82) is 0 Å². The standard InChI is InChI=1S/C10H18ClNO2/c1-10(2,14-3)6-8(11)9(13)12-7-4-5-7/h7-8H,4-6H2,1-3H3,(H,12,13). The van der Waals surface area contributed by atoms with E-state index in [1.165, 1.54) is 0 Å². The molecule has 4 heteroatoms. The molecule has 1 unspecified atom stereocenters. The molecule has 1 amide bonds. The van der Waals surface area contributed by atoms with Crippen LogP contribution in [0.2, 0.25) is 0 Å². The highest BCUT2D eigenvalue weighted by Crippen LogP contribution is 2.22. The Morgan fingerprint density at radius 2 is 2.21 bits per heavy atom. The number of hydrogen-bond acceptors (Lipinski definition) is 2. The second-order valence-corrected chi connectivity index (χ2v) is 4.95. The highest BCUT2D eigenvalue weighted by Gasteiger charge is 2.30. The molecule has 0 aromatic carbocycles. The minimum absolute atomic E-state index is 0.0701. The van der Waals surface area contributed by atoms with Gasteiger partial charge in [0.2, 0.25) is 5.91 Å². The molecular weight excluding hydrogens is 202 g/mol. The quantitative estimate of drug-likeness (QED) is 0.715. The third-order valence-corrected chi connectivity index (χ3v) is 2.78. The Morgan fingerprint density at radius 1 is 1.64 bits per heavy atom. The molecule has 0 aromatic heterocycles. The predicted octanol–water partition coefficient (Wildman–Crippen LogP) is 1.69.